The molecule has 1 rings (SSSR count). The summed E-state index contributed by atoms with van der Waals surface area (Å²) in [5.74, 6) is -0.149. The molecule has 3 N–H and O–H groups in total. The number of hydrogen-bond donors (Lipinski definition) is 2. The zero-order valence-corrected chi connectivity index (χ0v) is 9.70. The van der Waals surface area contributed by atoms with Crippen molar-refractivity contribution in [2.75, 3.05) is 19.6 Å². The van der Waals surface area contributed by atoms with E-state index in [0.717, 1.165) is 25.4 Å². The molecule has 0 bridgehead atoms. The normalized spacial score (nSPS) is 27.5. The smallest absolute Gasteiger partial charge is 0.325 e. The van der Waals surface area contributed by atoms with Crippen molar-refractivity contribution in [2.45, 2.75) is 38.6 Å². The lowest BCUT2D eigenvalue weighted by Gasteiger charge is -2.20. The van der Waals surface area contributed by atoms with Crippen LogP contribution in [0.1, 0.15) is 33.1 Å². The molecule has 0 radical (unpaired) electrons. The third-order valence-corrected chi connectivity index (χ3v) is 3.06. The summed E-state index contributed by atoms with van der Waals surface area (Å²) in [6, 6.07) is 0. The van der Waals surface area contributed by atoms with Gasteiger partial charge in [0.25, 0.3) is 0 Å². The summed E-state index contributed by atoms with van der Waals surface area (Å²) < 4.78 is 0. The van der Waals surface area contributed by atoms with Gasteiger partial charge in [0.05, 0.1) is 0 Å². The fourth-order valence-corrected chi connectivity index (χ4v) is 2.00. The number of carboxylic acid groups (broad SMARTS) is 1. The molecular formula is C11H22N2O2. The van der Waals surface area contributed by atoms with Gasteiger partial charge in [0.1, 0.15) is 5.54 Å². The van der Waals surface area contributed by atoms with Crippen LogP contribution in [0.2, 0.25) is 0 Å². The van der Waals surface area contributed by atoms with E-state index < -0.39 is 11.5 Å². The first kappa shape index (κ1) is 12.5. The van der Waals surface area contributed by atoms with Gasteiger partial charge >= 0.3 is 5.97 Å². The molecule has 1 fully saturated rings. The molecule has 0 aliphatic carbocycles. The lowest BCUT2D eigenvalue weighted by Crippen LogP contribution is -2.50. The second-order valence-electron chi connectivity index (χ2n) is 5.02. The Bertz CT molecular complexity index is 231. The predicted molar refractivity (Wildman–Crippen MR) is 59.7 cm³/mol. The number of carboxylic acids is 1. The van der Waals surface area contributed by atoms with Crippen LogP contribution in [0.15, 0.2) is 0 Å². The maximum atomic E-state index is 10.9. The Labute approximate surface area is 91.4 Å². The number of likely N-dealkylation sites (tertiary alicyclic amines) is 1. The van der Waals surface area contributed by atoms with Gasteiger partial charge in [0, 0.05) is 13.1 Å². The van der Waals surface area contributed by atoms with Crippen molar-refractivity contribution < 1.29 is 9.90 Å². The van der Waals surface area contributed by atoms with E-state index in [1.165, 1.54) is 6.42 Å². The molecule has 0 aromatic rings. The van der Waals surface area contributed by atoms with E-state index in [0.29, 0.717) is 13.0 Å². The van der Waals surface area contributed by atoms with E-state index in [9.17, 15) is 4.79 Å². The minimum atomic E-state index is -1.00. The van der Waals surface area contributed by atoms with Crippen LogP contribution in [0.3, 0.4) is 0 Å². The van der Waals surface area contributed by atoms with Crippen molar-refractivity contribution in [3.8, 4) is 0 Å². The van der Waals surface area contributed by atoms with Crippen molar-refractivity contribution in [3.05, 3.63) is 0 Å². The topological polar surface area (TPSA) is 66.6 Å². The van der Waals surface area contributed by atoms with Gasteiger partial charge < -0.3 is 15.7 Å². The molecule has 0 aromatic carbocycles. The van der Waals surface area contributed by atoms with Crippen molar-refractivity contribution in [1.29, 1.82) is 0 Å². The Hall–Kier alpha value is -0.610. The van der Waals surface area contributed by atoms with Gasteiger partial charge in [-0.25, -0.2) is 0 Å². The molecule has 1 aliphatic heterocycles. The SMILES string of the molecule is CC(C)CCCN1CCC(N)(C(=O)O)C1. The van der Waals surface area contributed by atoms with Crippen molar-refractivity contribution in [1.82, 2.24) is 4.90 Å². The zero-order chi connectivity index (χ0) is 11.5. The number of nitrogens with two attached hydrogens (primary N) is 1. The molecule has 88 valence electrons. The molecule has 0 aromatic heterocycles. The molecule has 0 amide bonds. The van der Waals surface area contributed by atoms with Crippen LogP contribution in [0, 0.1) is 5.92 Å². The first-order chi connectivity index (χ1) is 6.94. The maximum Gasteiger partial charge on any atom is 0.325 e. The lowest BCUT2D eigenvalue weighted by atomic mass is 10.0. The van der Waals surface area contributed by atoms with Crippen LogP contribution in [-0.2, 0) is 4.79 Å². The summed E-state index contributed by atoms with van der Waals surface area (Å²) in [5.41, 5.74) is 4.78. The fourth-order valence-electron chi connectivity index (χ4n) is 2.00. The Balaban J connectivity index is 2.28. The van der Waals surface area contributed by atoms with E-state index in [1.54, 1.807) is 0 Å². The Morgan fingerprint density at radius 3 is 2.73 bits per heavy atom. The van der Waals surface area contributed by atoms with Crippen molar-refractivity contribution in [2.24, 2.45) is 11.7 Å². The molecular weight excluding hydrogens is 192 g/mol. The standard InChI is InChI=1S/C11H22N2O2/c1-9(2)4-3-6-13-7-5-11(12,8-13)10(14)15/h9H,3-8,12H2,1-2H3,(H,14,15). The van der Waals surface area contributed by atoms with E-state index in [-0.39, 0.29) is 0 Å². The zero-order valence-electron chi connectivity index (χ0n) is 9.70. The third-order valence-electron chi connectivity index (χ3n) is 3.06. The Kier molecular flexibility index (Phi) is 4.11. The van der Waals surface area contributed by atoms with Crippen LogP contribution < -0.4 is 5.73 Å². The summed E-state index contributed by atoms with van der Waals surface area (Å²) in [6.45, 7) is 6.70. The van der Waals surface area contributed by atoms with Crippen LogP contribution in [-0.4, -0.2) is 41.1 Å². The maximum absolute atomic E-state index is 10.9. The number of hydrogen-bond acceptors (Lipinski definition) is 3. The number of aliphatic carboxylic acids is 1. The Morgan fingerprint density at radius 2 is 2.27 bits per heavy atom. The number of rotatable bonds is 5. The average Bonchev–Trinajstić information content (AvgIpc) is 2.48. The molecule has 1 atom stereocenters. The number of nitrogens with zero attached hydrogens (tertiary/aromatic N) is 1. The monoisotopic (exact) mass is 214 g/mol. The highest BCUT2D eigenvalue weighted by molar-refractivity contribution is 5.79. The minimum absolute atomic E-state index is 0.500. The highest BCUT2D eigenvalue weighted by atomic mass is 16.4. The van der Waals surface area contributed by atoms with E-state index in [4.69, 9.17) is 10.8 Å². The van der Waals surface area contributed by atoms with Gasteiger partial charge in [0.2, 0.25) is 0 Å². The largest absolute Gasteiger partial charge is 0.480 e. The van der Waals surface area contributed by atoms with Gasteiger partial charge in [-0.1, -0.05) is 13.8 Å². The van der Waals surface area contributed by atoms with Crippen molar-refractivity contribution >= 4 is 5.97 Å². The summed E-state index contributed by atoms with van der Waals surface area (Å²) >= 11 is 0. The Morgan fingerprint density at radius 1 is 1.60 bits per heavy atom. The van der Waals surface area contributed by atoms with Crippen LogP contribution >= 0.6 is 0 Å². The molecule has 1 heterocycles. The van der Waals surface area contributed by atoms with E-state index in [1.807, 2.05) is 0 Å². The van der Waals surface area contributed by atoms with Gasteiger partial charge in [-0.3, -0.25) is 4.79 Å². The minimum Gasteiger partial charge on any atom is -0.480 e. The van der Waals surface area contributed by atoms with Gasteiger partial charge in [0.15, 0.2) is 0 Å². The van der Waals surface area contributed by atoms with Gasteiger partial charge in [-0.15, -0.1) is 0 Å². The average molecular weight is 214 g/mol. The molecule has 4 nitrogen and oxygen atoms in total. The lowest BCUT2D eigenvalue weighted by molar-refractivity contribution is -0.142. The molecule has 1 unspecified atom stereocenters. The highest BCUT2D eigenvalue weighted by Crippen LogP contribution is 2.19. The summed E-state index contributed by atoms with van der Waals surface area (Å²) in [4.78, 5) is 13.1. The highest BCUT2D eigenvalue weighted by Gasteiger charge is 2.40. The second-order valence-corrected chi connectivity index (χ2v) is 5.02. The quantitative estimate of drug-likeness (QED) is 0.714. The second kappa shape index (κ2) is 4.94. The first-order valence-electron chi connectivity index (χ1n) is 5.69. The van der Waals surface area contributed by atoms with Crippen molar-refractivity contribution in [3.63, 3.8) is 0 Å². The van der Waals surface area contributed by atoms with Crippen LogP contribution in [0.25, 0.3) is 0 Å². The molecule has 15 heavy (non-hydrogen) atoms. The molecule has 0 spiro atoms. The number of carbonyl (C=O) groups is 1. The van der Waals surface area contributed by atoms with E-state index in [2.05, 4.69) is 18.7 Å². The summed E-state index contributed by atoms with van der Waals surface area (Å²) in [5, 5.41) is 8.95. The first-order valence-corrected chi connectivity index (χ1v) is 5.69. The fraction of sp³-hybridized carbons (Fsp3) is 0.909. The summed E-state index contributed by atoms with van der Waals surface area (Å²) in [7, 11) is 0. The van der Waals surface area contributed by atoms with Crippen LogP contribution in [0.4, 0.5) is 0 Å². The summed E-state index contributed by atoms with van der Waals surface area (Å²) in [6.07, 6.45) is 2.90. The predicted octanol–water partition coefficient (Wildman–Crippen LogP) is 0.910. The molecule has 4 heteroatoms. The molecule has 0 saturated carbocycles. The van der Waals surface area contributed by atoms with E-state index >= 15 is 0 Å². The molecule has 1 aliphatic rings. The van der Waals surface area contributed by atoms with Crippen LogP contribution in [0.5, 0.6) is 0 Å². The third kappa shape index (κ3) is 3.47. The van der Waals surface area contributed by atoms with Gasteiger partial charge in [-0.2, -0.15) is 0 Å². The van der Waals surface area contributed by atoms with Gasteiger partial charge in [-0.05, 0) is 31.7 Å². The molecule has 1 saturated heterocycles.